The van der Waals surface area contributed by atoms with Crippen LogP contribution in [0.4, 0.5) is 0 Å². The Morgan fingerprint density at radius 3 is 2.73 bits per heavy atom. The van der Waals surface area contributed by atoms with Crippen LogP contribution in [-0.4, -0.2) is 50.2 Å². The number of carbonyl (C=O) groups is 1. The van der Waals surface area contributed by atoms with Gasteiger partial charge in [0.2, 0.25) is 5.91 Å². The first-order valence-corrected chi connectivity index (χ1v) is 8.78. The summed E-state index contributed by atoms with van der Waals surface area (Å²) in [5.41, 5.74) is 1.55. The number of nitrogens with zero attached hydrogens (tertiary/aromatic N) is 1. The first-order chi connectivity index (χ1) is 10.6. The van der Waals surface area contributed by atoms with Gasteiger partial charge in [0.25, 0.3) is 0 Å². The fourth-order valence-corrected chi connectivity index (χ4v) is 3.71. The van der Waals surface area contributed by atoms with Crippen LogP contribution >= 0.6 is 0 Å². The summed E-state index contributed by atoms with van der Waals surface area (Å²) in [7, 11) is 1.64. The van der Waals surface area contributed by atoms with Crippen LogP contribution in [0.25, 0.3) is 0 Å². The highest BCUT2D eigenvalue weighted by molar-refractivity contribution is 5.76. The van der Waals surface area contributed by atoms with E-state index in [0.717, 1.165) is 38.4 Å². The summed E-state index contributed by atoms with van der Waals surface area (Å²) in [6.07, 6.45) is 7.62. The monoisotopic (exact) mass is 308 g/mol. The average Bonchev–Trinajstić information content (AvgIpc) is 2.52. The highest BCUT2D eigenvalue weighted by atomic mass is 16.5. The second-order valence-corrected chi connectivity index (χ2v) is 6.92. The van der Waals surface area contributed by atoms with Crippen molar-refractivity contribution in [3.63, 3.8) is 0 Å². The summed E-state index contributed by atoms with van der Waals surface area (Å²) in [6, 6.07) is 0.563. The molecule has 22 heavy (non-hydrogen) atoms. The predicted octanol–water partition coefficient (Wildman–Crippen LogP) is 2.60. The van der Waals surface area contributed by atoms with Gasteiger partial charge in [-0.2, -0.15) is 0 Å². The van der Waals surface area contributed by atoms with E-state index in [9.17, 15) is 4.79 Å². The Bertz CT molecular complexity index is 387. The topological polar surface area (TPSA) is 41.6 Å². The smallest absolute Gasteiger partial charge is 0.224 e. The number of hydrogen-bond acceptors (Lipinski definition) is 3. The molecule has 0 unspecified atom stereocenters. The molecule has 1 N–H and O–H groups in total. The van der Waals surface area contributed by atoms with E-state index in [1.807, 2.05) is 4.90 Å². The minimum Gasteiger partial charge on any atom is -0.384 e. The Morgan fingerprint density at radius 2 is 2.09 bits per heavy atom. The zero-order valence-electron chi connectivity index (χ0n) is 14.4. The molecule has 1 fully saturated rings. The molecule has 0 radical (unpaired) electrons. The summed E-state index contributed by atoms with van der Waals surface area (Å²) in [4.78, 5) is 14.0. The Labute approximate surface area is 135 Å². The second kappa shape index (κ2) is 8.68. The largest absolute Gasteiger partial charge is 0.384 e. The van der Waals surface area contributed by atoms with Gasteiger partial charge in [-0.15, -0.1) is 0 Å². The number of allylic oxidation sites excluding steroid dienone is 1. The van der Waals surface area contributed by atoms with Gasteiger partial charge >= 0.3 is 0 Å². The third-order valence-corrected chi connectivity index (χ3v) is 5.35. The van der Waals surface area contributed by atoms with Gasteiger partial charge < -0.3 is 15.0 Å². The van der Waals surface area contributed by atoms with Gasteiger partial charge in [0.15, 0.2) is 0 Å². The van der Waals surface area contributed by atoms with Crippen LogP contribution in [0.3, 0.4) is 0 Å². The van der Waals surface area contributed by atoms with Crippen molar-refractivity contribution in [1.29, 1.82) is 0 Å². The summed E-state index contributed by atoms with van der Waals surface area (Å²) >= 11 is 0. The van der Waals surface area contributed by atoms with Crippen LogP contribution in [-0.2, 0) is 9.53 Å². The van der Waals surface area contributed by atoms with Crippen LogP contribution in [0.2, 0.25) is 0 Å². The maximum absolute atomic E-state index is 12.0. The maximum atomic E-state index is 12.0. The number of carbonyl (C=O) groups excluding carboxylic acids is 1. The lowest BCUT2D eigenvalue weighted by molar-refractivity contribution is -0.133. The molecule has 4 heteroatoms. The van der Waals surface area contributed by atoms with Gasteiger partial charge in [-0.25, -0.2) is 0 Å². The molecule has 0 saturated carbocycles. The van der Waals surface area contributed by atoms with Gasteiger partial charge in [0.05, 0.1) is 13.0 Å². The van der Waals surface area contributed by atoms with Gasteiger partial charge in [0, 0.05) is 32.8 Å². The molecule has 1 aliphatic heterocycles. The summed E-state index contributed by atoms with van der Waals surface area (Å²) < 4.78 is 4.99. The molecule has 0 spiro atoms. The minimum absolute atomic E-state index is 0.236. The molecule has 1 aliphatic carbocycles. The fraction of sp³-hybridized carbons (Fsp3) is 0.833. The van der Waals surface area contributed by atoms with E-state index >= 15 is 0 Å². The van der Waals surface area contributed by atoms with Gasteiger partial charge in [-0.05, 0) is 44.4 Å². The zero-order chi connectivity index (χ0) is 15.9. The number of rotatable bonds is 6. The predicted molar refractivity (Wildman–Crippen MR) is 89.7 cm³/mol. The molecular weight excluding hydrogens is 276 g/mol. The minimum atomic E-state index is 0.236. The molecule has 1 amide bonds. The van der Waals surface area contributed by atoms with Crippen molar-refractivity contribution < 1.29 is 9.53 Å². The molecule has 0 aromatic rings. The Balaban J connectivity index is 1.70. The number of methoxy groups -OCH3 is 1. The molecule has 0 aromatic heterocycles. The quantitative estimate of drug-likeness (QED) is 0.767. The fourth-order valence-electron chi connectivity index (χ4n) is 3.71. The molecule has 2 atom stereocenters. The highest BCUT2D eigenvalue weighted by Crippen LogP contribution is 2.29. The number of amides is 1. The van der Waals surface area contributed by atoms with Crippen molar-refractivity contribution in [2.75, 3.05) is 33.4 Å². The lowest BCUT2D eigenvalue weighted by Gasteiger charge is -2.35. The van der Waals surface area contributed by atoms with Gasteiger partial charge in [0.1, 0.15) is 0 Å². The number of hydrogen-bond donors (Lipinski definition) is 1. The van der Waals surface area contributed by atoms with E-state index in [-0.39, 0.29) is 5.91 Å². The Morgan fingerprint density at radius 1 is 1.36 bits per heavy atom. The van der Waals surface area contributed by atoms with Crippen LogP contribution in [0.5, 0.6) is 0 Å². The molecule has 0 bridgehead atoms. The van der Waals surface area contributed by atoms with Crippen LogP contribution < -0.4 is 5.32 Å². The van der Waals surface area contributed by atoms with Crippen molar-refractivity contribution in [3.8, 4) is 0 Å². The van der Waals surface area contributed by atoms with Crippen LogP contribution in [0, 0.1) is 11.8 Å². The Hall–Kier alpha value is -0.870. The second-order valence-electron chi connectivity index (χ2n) is 6.92. The maximum Gasteiger partial charge on any atom is 0.224 e. The molecule has 4 nitrogen and oxygen atoms in total. The van der Waals surface area contributed by atoms with E-state index in [0.29, 0.717) is 25.0 Å². The van der Waals surface area contributed by atoms with Crippen molar-refractivity contribution in [3.05, 3.63) is 11.6 Å². The normalized spacial score (nSPS) is 26.9. The molecular formula is C18H32N2O2. The Kier molecular flexibility index (Phi) is 6.90. The third-order valence-electron chi connectivity index (χ3n) is 5.35. The zero-order valence-corrected chi connectivity index (χ0v) is 14.4. The molecule has 2 rings (SSSR count). The first kappa shape index (κ1) is 17.5. The standard InChI is InChI=1S/C18H32N2O2/c1-14-5-4-6-15(2)17(14)13-19-16-7-10-20(11-8-16)18(21)9-12-22-3/h5,15-17,19H,4,6-13H2,1-3H3/t15-,17-/m0/s1. The van der Waals surface area contributed by atoms with Crippen molar-refractivity contribution in [1.82, 2.24) is 10.2 Å². The summed E-state index contributed by atoms with van der Waals surface area (Å²) in [6.45, 7) is 8.04. The number of piperidine rings is 1. The molecule has 0 aromatic carbocycles. The van der Waals surface area contributed by atoms with E-state index in [1.54, 1.807) is 12.7 Å². The van der Waals surface area contributed by atoms with E-state index in [4.69, 9.17) is 4.74 Å². The number of likely N-dealkylation sites (tertiary alicyclic amines) is 1. The number of ether oxygens (including phenoxy) is 1. The van der Waals surface area contributed by atoms with E-state index in [2.05, 4.69) is 25.2 Å². The lowest BCUT2D eigenvalue weighted by Crippen LogP contribution is -2.46. The van der Waals surface area contributed by atoms with Gasteiger partial charge in [-0.3, -0.25) is 4.79 Å². The molecule has 2 aliphatic rings. The van der Waals surface area contributed by atoms with Crippen molar-refractivity contribution >= 4 is 5.91 Å². The van der Waals surface area contributed by atoms with Crippen LogP contribution in [0.15, 0.2) is 11.6 Å². The molecule has 126 valence electrons. The third kappa shape index (κ3) is 4.82. The first-order valence-electron chi connectivity index (χ1n) is 8.78. The average molecular weight is 308 g/mol. The number of nitrogens with one attached hydrogen (secondary N) is 1. The lowest BCUT2D eigenvalue weighted by atomic mass is 9.80. The highest BCUT2D eigenvalue weighted by Gasteiger charge is 2.25. The SMILES string of the molecule is COCCC(=O)N1CCC(NC[C@H]2C(C)=CCC[C@@H]2C)CC1. The van der Waals surface area contributed by atoms with Crippen molar-refractivity contribution in [2.24, 2.45) is 11.8 Å². The van der Waals surface area contributed by atoms with Crippen molar-refractivity contribution in [2.45, 2.75) is 52.0 Å². The van der Waals surface area contributed by atoms with Crippen LogP contribution in [0.1, 0.15) is 46.0 Å². The summed E-state index contributed by atoms with van der Waals surface area (Å²) in [5.74, 6) is 1.71. The molecule has 1 saturated heterocycles. The summed E-state index contributed by atoms with van der Waals surface area (Å²) in [5, 5.41) is 3.75. The van der Waals surface area contributed by atoms with E-state index < -0.39 is 0 Å². The van der Waals surface area contributed by atoms with E-state index in [1.165, 1.54) is 12.8 Å². The molecule has 1 heterocycles. The van der Waals surface area contributed by atoms with Gasteiger partial charge in [-0.1, -0.05) is 18.6 Å².